The van der Waals surface area contributed by atoms with E-state index in [-0.39, 0.29) is 22.9 Å². The zero-order chi connectivity index (χ0) is 25.8. The third-order valence-electron chi connectivity index (χ3n) is 5.58. The number of nitro benzene ring substituents is 1. The Hall–Kier alpha value is -4.32. The van der Waals surface area contributed by atoms with E-state index >= 15 is 0 Å². The molecule has 1 aliphatic carbocycles. The second kappa shape index (κ2) is 10.5. The van der Waals surface area contributed by atoms with Crippen LogP contribution in [0.3, 0.4) is 0 Å². The molecule has 2 aromatic carbocycles. The average Bonchev–Trinajstić information content (AvgIpc) is 3.23. The van der Waals surface area contributed by atoms with E-state index in [0.717, 1.165) is 0 Å². The van der Waals surface area contributed by atoms with Gasteiger partial charge in [-0.15, -0.1) is 0 Å². The van der Waals surface area contributed by atoms with Gasteiger partial charge in [-0.1, -0.05) is 24.3 Å². The van der Waals surface area contributed by atoms with Crippen LogP contribution < -0.4 is 16.3 Å². The van der Waals surface area contributed by atoms with Crippen LogP contribution in [0.1, 0.15) is 61.0 Å². The Balaban J connectivity index is 1.50. The number of aryl methyl sites for hydroxylation is 1. The monoisotopic (exact) mass is 553 g/mol. The largest absolute Gasteiger partial charge is 0.455 e. The Morgan fingerprint density at radius 3 is 2.36 bits per heavy atom. The first-order chi connectivity index (χ1) is 17.3. The van der Waals surface area contributed by atoms with Gasteiger partial charge in [0.2, 0.25) is 0 Å². The SMILES string of the molecule is Cc1c(C(=O)NNC(=O)c2ccccc2[N+](=O)[O-])oc2c1/C(=N/NC(=O)c1ccccc1Br)CCC2. The summed E-state index contributed by atoms with van der Waals surface area (Å²) in [6.45, 7) is 1.68. The maximum atomic E-state index is 12.8. The summed E-state index contributed by atoms with van der Waals surface area (Å²) < 4.78 is 6.40. The number of hydrogen-bond acceptors (Lipinski definition) is 7. The highest BCUT2D eigenvalue weighted by molar-refractivity contribution is 9.10. The molecule has 0 saturated carbocycles. The fraction of sp³-hybridized carbons (Fsp3) is 0.167. The number of carbonyl (C=O) groups excluding carboxylic acids is 3. The molecule has 0 spiro atoms. The number of nitro groups is 1. The van der Waals surface area contributed by atoms with E-state index in [1.807, 2.05) is 0 Å². The maximum absolute atomic E-state index is 12.8. The topological polar surface area (TPSA) is 156 Å². The first-order valence-electron chi connectivity index (χ1n) is 10.9. The number of hydrazine groups is 1. The first kappa shape index (κ1) is 24.8. The van der Waals surface area contributed by atoms with Crippen molar-refractivity contribution < 1.29 is 23.7 Å². The van der Waals surface area contributed by atoms with Crippen LogP contribution in [0.5, 0.6) is 0 Å². The highest BCUT2D eigenvalue weighted by Crippen LogP contribution is 2.30. The number of carbonyl (C=O) groups is 3. The minimum atomic E-state index is -0.846. The summed E-state index contributed by atoms with van der Waals surface area (Å²) in [4.78, 5) is 48.2. The molecule has 36 heavy (non-hydrogen) atoms. The molecule has 12 heteroatoms. The summed E-state index contributed by atoms with van der Waals surface area (Å²) in [6, 6.07) is 12.3. The van der Waals surface area contributed by atoms with E-state index in [1.165, 1.54) is 24.3 Å². The first-order valence-corrected chi connectivity index (χ1v) is 11.7. The van der Waals surface area contributed by atoms with Crippen LogP contribution in [0.25, 0.3) is 0 Å². The number of rotatable bonds is 5. The third kappa shape index (κ3) is 5.03. The van der Waals surface area contributed by atoms with E-state index in [9.17, 15) is 24.5 Å². The maximum Gasteiger partial charge on any atom is 0.305 e. The number of nitrogens with one attached hydrogen (secondary N) is 3. The lowest BCUT2D eigenvalue weighted by atomic mass is 9.93. The molecule has 1 aromatic heterocycles. The summed E-state index contributed by atoms with van der Waals surface area (Å²) in [5.74, 6) is -1.46. The second-order valence-corrected chi connectivity index (χ2v) is 8.72. The van der Waals surface area contributed by atoms with Crippen molar-refractivity contribution in [3.63, 3.8) is 0 Å². The number of hydrazone groups is 1. The molecule has 184 valence electrons. The summed E-state index contributed by atoms with van der Waals surface area (Å²) in [7, 11) is 0. The van der Waals surface area contributed by atoms with Crippen LogP contribution >= 0.6 is 15.9 Å². The van der Waals surface area contributed by atoms with E-state index < -0.39 is 16.7 Å². The molecule has 0 fully saturated rings. The normalized spacial score (nSPS) is 13.6. The van der Waals surface area contributed by atoms with Gasteiger partial charge in [0.05, 0.1) is 16.2 Å². The number of halogens is 1. The molecule has 3 amide bonds. The molecule has 3 N–H and O–H groups in total. The molecule has 0 atom stereocenters. The van der Waals surface area contributed by atoms with Gasteiger partial charge in [-0.05, 0) is 53.9 Å². The molecule has 3 aromatic rings. The molecule has 0 saturated heterocycles. The summed E-state index contributed by atoms with van der Waals surface area (Å²) in [5.41, 5.74) is 8.50. The standard InChI is InChI=1S/C24H20BrN5O6/c1-13-20-17(26-27-22(31)14-7-2-4-9-16(14)25)10-6-12-19(20)36-21(13)24(33)29-28-23(32)15-8-3-5-11-18(15)30(34)35/h2-5,7-9,11H,6,10,12H2,1H3,(H,27,31)(H,28,32)(H,29,33)/b26-17+. The summed E-state index contributed by atoms with van der Waals surface area (Å²) in [6.07, 6.45) is 1.85. The van der Waals surface area contributed by atoms with Crippen molar-refractivity contribution in [3.05, 3.63) is 96.9 Å². The van der Waals surface area contributed by atoms with Crippen molar-refractivity contribution in [2.75, 3.05) is 0 Å². The van der Waals surface area contributed by atoms with Crippen LogP contribution in [0.15, 0.2) is 62.5 Å². The zero-order valence-corrected chi connectivity index (χ0v) is 20.5. The molecular formula is C24H20BrN5O6. The fourth-order valence-electron chi connectivity index (χ4n) is 3.88. The van der Waals surface area contributed by atoms with Gasteiger partial charge in [0.15, 0.2) is 5.76 Å². The van der Waals surface area contributed by atoms with E-state index in [4.69, 9.17) is 4.42 Å². The number of amides is 3. The van der Waals surface area contributed by atoms with Crippen molar-refractivity contribution in [2.24, 2.45) is 5.10 Å². The Bertz CT molecular complexity index is 1410. The molecule has 0 bridgehead atoms. The number of nitrogens with zero attached hydrogens (tertiary/aromatic N) is 2. The second-order valence-electron chi connectivity index (χ2n) is 7.87. The van der Waals surface area contributed by atoms with Crippen LogP contribution in [-0.2, 0) is 6.42 Å². The van der Waals surface area contributed by atoms with Gasteiger partial charge in [-0.25, -0.2) is 5.43 Å². The molecule has 0 aliphatic heterocycles. The number of furan rings is 1. The van der Waals surface area contributed by atoms with Gasteiger partial charge in [0.1, 0.15) is 11.3 Å². The van der Waals surface area contributed by atoms with Gasteiger partial charge in [-0.2, -0.15) is 5.10 Å². The fourth-order valence-corrected chi connectivity index (χ4v) is 4.35. The van der Waals surface area contributed by atoms with Gasteiger partial charge in [0.25, 0.3) is 17.5 Å². The van der Waals surface area contributed by atoms with Gasteiger partial charge >= 0.3 is 5.91 Å². The Labute approximate surface area is 213 Å². The highest BCUT2D eigenvalue weighted by Gasteiger charge is 2.29. The third-order valence-corrected chi connectivity index (χ3v) is 6.27. The molecular weight excluding hydrogens is 534 g/mol. The minimum Gasteiger partial charge on any atom is -0.455 e. The molecule has 0 radical (unpaired) electrons. The highest BCUT2D eigenvalue weighted by atomic mass is 79.9. The van der Waals surface area contributed by atoms with E-state index in [2.05, 4.69) is 37.3 Å². The van der Waals surface area contributed by atoms with Gasteiger partial charge in [-0.3, -0.25) is 35.3 Å². The predicted molar refractivity (Wildman–Crippen MR) is 133 cm³/mol. The lowest BCUT2D eigenvalue weighted by Crippen LogP contribution is -2.42. The van der Waals surface area contributed by atoms with Crippen LogP contribution in [-0.4, -0.2) is 28.4 Å². The van der Waals surface area contributed by atoms with Crippen LogP contribution in [0, 0.1) is 17.0 Å². The zero-order valence-electron chi connectivity index (χ0n) is 19.0. The molecule has 4 rings (SSSR count). The molecule has 1 heterocycles. The van der Waals surface area contributed by atoms with Crippen LogP contribution in [0.4, 0.5) is 5.69 Å². The summed E-state index contributed by atoms with van der Waals surface area (Å²) >= 11 is 3.34. The lowest BCUT2D eigenvalue weighted by molar-refractivity contribution is -0.385. The van der Waals surface area contributed by atoms with E-state index in [1.54, 1.807) is 31.2 Å². The Morgan fingerprint density at radius 1 is 0.972 bits per heavy atom. The average molecular weight is 554 g/mol. The predicted octanol–water partition coefficient (Wildman–Crippen LogP) is 3.80. The molecule has 11 nitrogen and oxygen atoms in total. The van der Waals surface area contributed by atoms with Gasteiger partial charge in [0, 0.05) is 28.1 Å². The molecule has 1 aliphatic rings. The number of para-hydroxylation sites is 1. The van der Waals surface area contributed by atoms with Crippen molar-refractivity contribution in [3.8, 4) is 0 Å². The van der Waals surface area contributed by atoms with Gasteiger partial charge < -0.3 is 4.42 Å². The van der Waals surface area contributed by atoms with Crippen molar-refractivity contribution >= 4 is 45.1 Å². The van der Waals surface area contributed by atoms with Crippen molar-refractivity contribution in [2.45, 2.75) is 26.2 Å². The van der Waals surface area contributed by atoms with E-state index in [0.29, 0.717) is 51.9 Å². The lowest BCUT2D eigenvalue weighted by Gasteiger charge is -2.13. The number of benzene rings is 2. The number of hydrogen-bond donors (Lipinski definition) is 3. The Kier molecular flexibility index (Phi) is 7.25. The number of fused-ring (bicyclic) bond motifs is 1. The van der Waals surface area contributed by atoms with Crippen molar-refractivity contribution in [1.29, 1.82) is 0 Å². The quantitative estimate of drug-likeness (QED) is 0.322. The summed E-state index contributed by atoms with van der Waals surface area (Å²) in [5, 5.41) is 15.4. The minimum absolute atomic E-state index is 0.0328. The van der Waals surface area contributed by atoms with Crippen molar-refractivity contribution in [1.82, 2.24) is 16.3 Å². The van der Waals surface area contributed by atoms with Crippen LogP contribution in [0.2, 0.25) is 0 Å². The molecule has 0 unspecified atom stereocenters. The Morgan fingerprint density at radius 2 is 1.64 bits per heavy atom. The smallest absolute Gasteiger partial charge is 0.305 e.